The van der Waals surface area contributed by atoms with E-state index in [1.54, 1.807) is 0 Å². The van der Waals surface area contributed by atoms with Crippen LogP contribution in [0.5, 0.6) is 0 Å². The third-order valence-corrected chi connectivity index (χ3v) is 5.85. The topological polar surface area (TPSA) is 20.2 Å². The third kappa shape index (κ3) is 6.75. The van der Waals surface area contributed by atoms with E-state index in [4.69, 9.17) is 0 Å². The molecule has 0 unspecified atom stereocenters. The van der Waals surface area contributed by atoms with E-state index in [-0.39, 0.29) is 6.10 Å². The van der Waals surface area contributed by atoms with Gasteiger partial charge in [-0.3, -0.25) is 0 Å². The lowest BCUT2D eigenvalue weighted by Gasteiger charge is -2.21. The quantitative estimate of drug-likeness (QED) is 0.690. The van der Waals surface area contributed by atoms with Crippen molar-refractivity contribution in [2.45, 2.75) is 62.6 Å². The molecule has 90 valence electrons. The van der Waals surface area contributed by atoms with Crippen molar-refractivity contribution in [2.24, 2.45) is 0 Å². The molecule has 1 heterocycles. The third-order valence-electron chi connectivity index (χ3n) is 2.77. The largest absolute Gasteiger partial charge is 0.393 e. The second-order valence-corrected chi connectivity index (χ2v) is 7.17. The molecule has 0 aromatic carbocycles. The zero-order chi connectivity index (χ0) is 10.9. The SMILES string of the molecule is CCCCC[C@@H](O)CCC1SCCCS1. The number of aliphatic hydroxyl groups excluding tert-OH is 1. The summed E-state index contributed by atoms with van der Waals surface area (Å²) < 4.78 is 0.763. The highest BCUT2D eigenvalue weighted by Crippen LogP contribution is 2.34. The van der Waals surface area contributed by atoms with Crippen LogP contribution < -0.4 is 0 Å². The first-order valence-electron chi connectivity index (χ1n) is 6.24. The predicted octanol–water partition coefficient (Wildman–Crippen LogP) is 3.90. The van der Waals surface area contributed by atoms with Crippen LogP contribution in [0.4, 0.5) is 0 Å². The molecule has 1 nitrogen and oxygen atoms in total. The maximum absolute atomic E-state index is 9.79. The van der Waals surface area contributed by atoms with Crippen molar-refractivity contribution in [3.63, 3.8) is 0 Å². The van der Waals surface area contributed by atoms with Gasteiger partial charge in [-0.05, 0) is 37.2 Å². The van der Waals surface area contributed by atoms with E-state index in [2.05, 4.69) is 30.4 Å². The van der Waals surface area contributed by atoms with Gasteiger partial charge in [-0.2, -0.15) is 0 Å². The van der Waals surface area contributed by atoms with Crippen LogP contribution in [0, 0.1) is 0 Å². The van der Waals surface area contributed by atoms with Gasteiger partial charge in [0, 0.05) is 0 Å². The summed E-state index contributed by atoms with van der Waals surface area (Å²) in [5, 5.41) is 9.79. The van der Waals surface area contributed by atoms with E-state index in [9.17, 15) is 5.11 Å². The van der Waals surface area contributed by atoms with Crippen molar-refractivity contribution in [1.29, 1.82) is 0 Å². The zero-order valence-electron chi connectivity index (χ0n) is 9.78. The highest BCUT2D eigenvalue weighted by Gasteiger charge is 2.15. The van der Waals surface area contributed by atoms with Crippen LogP contribution in [-0.2, 0) is 0 Å². The zero-order valence-corrected chi connectivity index (χ0v) is 11.4. The number of unbranched alkanes of at least 4 members (excludes halogenated alkanes) is 2. The van der Waals surface area contributed by atoms with Gasteiger partial charge >= 0.3 is 0 Å². The summed E-state index contributed by atoms with van der Waals surface area (Å²) in [6.07, 6.45) is 8.26. The van der Waals surface area contributed by atoms with Crippen LogP contribution in [0.15, 0.2) is 0 Å². The van der Waals surface area contributed by atoms with Crippen molar-refractivity contribution in [2.75, 3.05) is 11.5 Å². The second-order valence-electron chi connectivity index (χ2n) is 4.25. The standard InChI is InChI=1S/C12H24OS2/c1-2-3-4-6-11(13)7-8-12-14-9-5-10-15-12/h11-13H,2-10H2,1H3/t11-/m1/s1. The minimum absolute atomic E-state index is 0.0420. The Morgan fingerprint density at radius 3 is 2.60 bits per heavy atom. The van der Waals surface area contributed by atoms with Gasteiger partial charge < -0.3 is 5.11 Å². The molecule has 1 atom stereocenters. The average molecular weight is 248 g/mol. The Balaban J connectivity index is 1.97. The van der Waals surface area contributed by atoms with Crippen molar-refractivity contribution in [3.05, 3.63) is 0 Å². The van der Waals surface area contributed by atoms with Gasteiger partial charge in [-0.25, -0.2) is 0 Å². The Bertz CT molecular complexity index is 147. The van der Waals surface area contributed by atoms with Crippen LogP contribution in [0.3, 0.4) is 0 Å². The monoisotopic (exact) mass is 248 g/mol. The minimum Gasteiger partial charge on any atom is -0.393 e. The highest BCUT2D eigenvalue weighted by atomic mass is 32.2. The van der Waals surface area contributed by atoms with E-state index >= 15 is 0 Å². The molecule has 1 aliphatic heterocycles. The Morgan fingerprint density at radius 1 is 1.20 bits per heavy atom. The Labute approximate surface area is 103 Å². The number of aliphatic hydroxyl groups is 1. The molecular weight excluding hydrogens is 224 g/mol. The normalized spacial score (nSPS) is 20.4. The summed E-state index contributed by atoms with van der Waals surface area (Å²) >= 11 is 4.17. The molecule has 1 fully saturated rings. The number of hydrogen-bond donors (Lipinski definition) is 1. The van der Waals surface area contributed by atoms with Crippen molar-refractivity contribution in [1.82, 2.24) is 0 Å². The molecule has 0 aromatic rings. The van der Waals surface area contributed by atoms with Gasteiger partial charge in [0.25, 0.3) is 0 Å². The predicted molar refractivity (Wildman–Crippen MR) is 72.7 cm³/mol. The van der Waals surface area contributed by atoms with Crippen LogP contribution in [0.2, 0.25) is 0 Å². The Kier molecular flexibility index (Phi) is 8.02. The molecule has 0 radical (unpaired) electrons. The van der Waals surface area contributed by atoms with E-state index < -0.39 is 0 Å². The maximum Gasteiger partial charge on any atom is 0.0541 e. The first kappa shape index (κ1) is 13.7. The first-order valence-corrected chi connectivity index (χ1v) is 8.34. The number of rotatable bonds is 7. The van der Waals surface area contributed by atoms with E-state index in [1.165, 1.54) is 43.6 Å². The Morgan fingerprint density at radius 2 is 1.93 bits per heavy atom. The molecular formula is C12H24OS2. The van der Waals surface area contributed by atoms with E-state index in [1.807, 2.05) is 0 Å². The molecule has 1 N–H and O–H groups in total. The summed E-state index contributed by atoms with van der Waals surface area (Å²) in [5.41, 5.74) is 0. The lowest BCUT2D eigenvalue weighted by molar-refractivity contribution is 0.150. The number of thioether (sulfide) groups is 2. The van der Waals surface area contributed by atoms with Gasteiger partial charge in [0.05, 0.1) is 10.7 Å². The van der Waals surface area contributed by atoms with Crippen molar-refractivity contribution < 1.29 is 5.11 Å². The fraction of sp³-hybridized carbons (Fsp3) is 1.00. The lowest BCUT2D eigenvalue weighted by Crippen LogP contribution is -2.12. The molecule has 0 saturated carbocycles. The van der Waals surface area contributed by atoms with E-state index in [0.717, 1.165) is 17.4 Å². The molecule has 0 bridgehead atoms. The summed E-state index contributed by atoms with van der Waals surface area (Å²) in [6.45, 7) is 2.21. The molecule has 1 saturated heterocycles. The van der Waals surface area contributed by atoms with Gasteiger partial charge in [0.15, 0.2) is 0 Å². The molecule has 1 rings (SSSR count). The smallest absolute Gasteiger partial charge is 0.0541 e. The van der Waals surface area contributed by atoms with Crippen LogP contribution in [0.1, 0.15) is 51.9 Å². The van der Waals surface area contributed by atoms with Gasteiger partial charge in [-0.1, -0.05) is 26.2 Å². The van der Waals surface area contributed by atoms with Crippen molar-refractivity contribution in [3.8, 4) is 0 Å². The van der Waals surface area contributed by atoms with Crippen LogP contribution >= 0.6 is 23.5 Å². The summed E-state index contributed by atoms with van der Waals surface area (Å²) in [6, 6.07) is 0. The first-order chi connectivity index (χ1) is 7.33. The summed E-state index contributed by atoms with van der Waals surface area (Å²) in [5.74, 6) is 2.65. The fourth-order valence-corrected chi connectivity index (χ4v) is 4.70. The lowest BCUT2D eigenvalue weighted by atomic mass is 10.1. The molecule has 0 spiro atoms. The molecule has 1 aliphatic rings. The van der Waals surface area contributed by atoms with Crippen LogP contribution in [0.25, 0.3) is 0 Å². The highest BCUT2D eigenvalue weighted by molar-refractivity contribution is 8.17. The number of hydrogen-bond acceptors (Lipinski definition) is 3. The molecule has 0 amide bonds. The van der Waals surface area contributed by atoms with Gasteiger partial charge in [0.2, 0.25) is 0 Å². The van der Waals surface area contributed by atoms with E-state index in [0.29, 0.717) is 0 Å². The molecule has 0 aromatic heterocycles. The second kappa shape index (κ2) is 8.77. The average Bonchev–Trinajstić information content (AvgIpc) is 2.28. The molecule has 15 heavy (non-hydrogen) atoms. The van der Waals surface area contributed by atoms with Crippen molar-refractivity contribution >= 4 is 23.5 Å². The Hall–Kier alpha value is 0.660. The summed E-state index contributed by atoms with van der Waals surface area (Å²) in [4.78, 5) is 0. The van der Waals surface area contributed by atoms with Gasteiger partial charge in [-0.15, -0.1) is 23.5 Å². The molecule has 3 heteroatoms. The minimum atomic E-state index is -0.0420. The fourth-order valence-electron chi connectivity index (χ4n) is 1.81. The summed E-state index contributed by atoms with van der Waals surface area (Å²) in [7, 11) is 0. The maximum atomic E-state index is 9.79. The van der Waals surface area contributed by atoms with Gasteiger partial charge in [0.1, 0.15) is 0 Å². The van der Waals surface area contributed by atoms with Crippen LogP contribution in [-0.4, -0.2) is 27.3 Å². The molecule has 0 aliphatic carbocycles.